The van der Waals surface area contributed by atoms with E-state index in [4.69, 9.17) is 5.73 Å². The van der Waals surface area contributed by atoms with Gasteiger partial charge in [0, 0.05) is 11.7 Å². The molecule has 2 heteroatoms. The SMILES string of the molecule is CCN(C)C1CCC1C1CCC(N)=C1C. The standard InChI is InChI=1S/C13H24N2/c1-4-15(3)13-8-6-11(13)10-5-7-12(14)9(10)2/h10-11,13H,4-8,14H2,1-3H3. The van der Waals surface area contributed by atoms with Crippen molar-refractivity contribution in [3.63, 3.8) is 0 Å². The fourth-order valence-corrected chi connectivity index (χ4v) is 3.26. The van der Waals surface area contributed by atoms with E-state index in [0.717, 1.165) is 24.3 Å². The van der Waals surface area contributed by atoms with Crippen LogP contribution in [0.15, 0.2) is 11.3 Å². The zero-order chi connectivity index (χ0) is 11.0. The lowest BCUT2D eigenvalue weighted by Gasteiger charge is -2.46. The maximum Gasteiger partial charge on any atom is 0.0126 e. The summed E-state index contributed by atoms with van der Waals surface area (Å²) in [6.07, 6.45) is 5.23. The van der Waals surface area contributed by atoms with Crippen LogP contribution < -0.4 is 5.73 Å². The molecule has 2 rings (SSSR count). The van der Waals surface area contributed by atoms with Gasteiger partial charge < -0.3 is 10.6 Å². The Labute approximate surface area is 93.5 Å². The van der Waals surface area contributed by atoms with E-state index in [1.165, 1.54) is 37.1 Å². The number of allylic oxidation sites excluding steroid dienone is 2. The third-order valence-corrected chi connectivity index (χ3v) is 4.66. The Kier molecular flexibility index (Phi) is 3.06. The van der Waals surface area contributed by atoms with Crippen molar-refractivity contribution in [1.29, 1.82) is 0 Å². The molecule has 0 radical (unpaired) electrons. The predicted molar refractivity (Wildman–Crippen MR) is 64.4 cm³/mol. The van der Waals surface area contributed by atoms with Gasteiger partial charge in [0.25, 0.3) is 0 Å². The smallest absolute Gasteiger partial charge is 0.0126 e. The fourth-order valence-electron chi connectivity index (χ4n) is 3.26. The molecule has 15 heavy (non-hydrogen) atoms. The molecule has 0 aromatic carbocycles. The lowest BCUT2D eigenvalue weighted by atomic mass is 9.69. The largest absolute Gasteiger partial charge is 0.402 e. The molecule has 0 bridgehead atoms. The lowest BCUT2D eigenvalue weighted by molar-refractivity contribution is 0.0576. The number of rotatable bonds is 3. The predicted octanol–water partition coefficient (Wildman–Crippen LogP) is 2.36. The van der Waals surface area contributed by atoms with Gasteiger partial charge in [-0.1, -0.05) is 12.5 Å². The van der Waals surface area contributed by atoms with E-state index in [1.807, 2.05) is 0 Å². The summed E-state index contributed by atoms with van der Waals surface area (Å²) in [5, 5.41) is 0. The molecule has 1 fully saturated rings. The third-order valence-electron chi connectivity index (χ3n) is 4.66. The van der Waals surface area contributed by atoms with Crippen LogP contribution in [0.3, 0.4) is 0 Å². The monoisotopic (exact) mass is 208 g/mol. The summed E-state index contributed by atoms with van der Waals surface area (Å²) in [5.41, 5.74) is 8.67. The summed E-state index contributed by atoms with van der Waals surface area (Å²) in [5.74, 6) is 1.67. The van der Waals surface area contributed by atoms with Crippen LogP contribution in [-0.2, 0) is 0 Å². The molecule has 0 heterocycles. The minimum Gasteiger partial charge on any atom is -0.402 e. The van der Waals surface area contributed by atoms with Crippen molar-refractivity contribution < 1.29 is 0 Å². The van der Waals surface area contributed by atoms with E-state index in [0.29, 0.717) is 0 Å². The fraction of sp³-hybridized carbons (Fsp3) is 0.846. The first-order valence-corrected chi connectivity index (χ1v) is 6.30. The topological polar surface area (TPSA) is 29.3 Å². The van der Waals surface area contributed by atoms with Crippen molar-refractivity contribution in [2.75, 3.05) is 13.6 Å². The van der Waals surface area contributed by atoms with Crippen molar-refractivity contribution in [3.05, 3.63) is 11.3 Å². The maximum atomic E-state index is 6.01. The average Bonchev–Trinajstić information content (AvgIpc) is 2.48. The van der Waals surface area contributed by atoms with Gasteiger partial charge in [-0.25, -0.2) is 0 Å². The molecule has 0 aliphatic heterocycles. The lowest BCUT2D eigenvalue weighted by Crippen LogP contribution is -2.48. The van der Waals surface area contributed by atoms with Crippen molar-refractivity contribution in [1.82, 2.24) is 4.90 Å². The Morgan fingerprint density at radius 3 is 2.47 bits per heavy atom. The molecule has 2 aliphatic carbocycles. The van der Waals surface area contributed by atoms with Crippen LogP contribution >= 0.6 is 0 Å². The van der Waals surface area contributed by atoms with Crippen molar-refractivity contribution in [3.8, 4) is 0 Å². The molecule has 0 aromatic heterocycles. The van der Waals surface area contributed by atoms with E-state index >= 15 is 0 Å². The molecule has 0 spiro atoms. The second-order valence-electron chi connectivity index (χ2n) is 5.24. The Balaban J connectivity index is 2.01. The summed E-state index contributed by atoms with van der Waals surface area (Å²) in [6, 6.07) is 0.820. The van der Waals surface area contributed by atoms with E-state index in [9.17, 15) is 0 Å². The van der Waals surface area contributed by atoms with Crippen LogP contribution in [0.5, 0.6) is 0 Å². The highest BCUT2D eigenvalue weighted by molar-refractivity contribution is 5.20. The summed E-state index contributed by atoms with van der Waals surface area (Å²) < 4.78 is 0. The first-order valence-electron chi connectivity index (χ1n) is 6.30. The summed E-state index contributed by atoms with van der Waals surface area (Å²) in [7, 11) is 2.26. The number of nitrogens with two attached hydrogens (primary N) is 1. The van der Waals surface area contributed by atoms with Gasteiger partial charge in [0.2, 0.25) is 0 Å². The van der Waals surface area contributed by atoms with E-state index in [1.54, 1.807) is 0 Å². The van der Waals surface area contributed by atoms with Crippen LogP contribution in [0, 0.1) is 11.8 Å². The molecule has 0 saturated heterocycles. The minimum absolute atomic E-state index is 0.790. The van der Waals surface area contributed by atoms with Crippen molar-refractivity contribution in [2.24, 2.45) is 17.6 Å². The van der Waals surface area contributed by atoms with Gasteiger partial charge in [0.05, 0.1) is 0 Å². The molecule has 3 unspecified atom stereocenters. The molecule has 2 nitrogen and oxygen atoms in total. The van der Waals surface area contributed by atoms with Crippen LogP contribution in [0.2, 0.25) is 0 Å². The maximum absolute atomic E-state index is 6.01. The van der Waals surface area contributed by atoms with Gasteiger partial charge in [-0.05, 0) is 58.0 Å². The van der Waals surface area contributed by atoms with E-state index in [2.05, 4.69) is 25.8 Å². The Bertz CT molecular complexity index is 270. The molecule has 86 valence electrons. The first-order chi connectivity index (χ1) is 7.15. The van der Waals surface area contributed by atoms with Crippen LogP contribution in [0.1, 0.15) is 39.5 Å². The van der Waals surface area contributed by atoms with Gasteiger partial charge >= 0.3 is 0 Å². The molecule has 3 atom stereocenters. The van der Waals surface area contributed by atoms with Crippen molar-refractivity contribution >= 4 is 0 Å². The molecule has 1 saturated carbocycles. The number of nitrogens with zero attached hydrogens (tertiary/aromatic N) is 1. The number of hydrogen-bond acceptors (Lipinski definition) is 2. The molecule has 2 aliphatic rings. The van der Waals surface area contributed by atoms with Crippen LogP contribution in [-0.4, -0.2) is 24.5 Å². The number of hydrogen-bond donors (Lipinski definition) is 1. The Morgan fingerprint density at radius 1 is 1.33 bits per heavy atom. The zero-order valence-corrected chi connectivity index (χ0v) is 10.3. The average molecular weight is 208 g/mol. The highest BCUT2D eigenvalue weighted by Gasteiger charge is 2.41. The van der Waals surface area contributed by atoms with Gasteiger partial charge in [0.15, 0.2) is 0 Å². The minimum atomic E-state index is 0.790. The summed E-state index contributed by atoms with van der Waals surface area (Å²) in [6.45, 7) is 5.67. The van der Waals surface area contributed by atoms with Crippen molar-refractivity contribution in [2.45, 2.75) is 45.6 Å². The second-order valence-corrected chi connectivity index (χ2v) is 5.24. The van der Waals surface area contributed by atoms with E-state index in [-0.39, 0.29) is 0 Å². The highest BCUT2D eigenvalue weighted by Crippen LogP contribution is 2.45. The highest BCUT2D eigenvalue weighted by atomic mass is 15.1. The molecule has 2 N–H and O–H groups in total. The van der Waals surface area contributed by atoms with Crippen LogP contribution in [0.25, 0.3) is 0 Å². The molecular formula is C13H24N2. The summed E-state index contributed by atoms with van der Waals surface area (Å²) >= 11 is 0. The summed E-state index contributed by atoms with van der Waals surface area (Å²) in [4.78, 5) is 2.51. The molecule has 0 aromatic rings. The van der Waals surface area contributed by atoms with Gasteiger partial charge in [0.1, 0.15) is 0 Å². The second kappa shape index (κ2) is 4.17. The Morgan fingerprint density at radius 2 is 2.07 bits per heavy atom. The van der Waals surface area contributed by atoms with E-state index < -0.39 is 0 Å². The third kappa shape index (κ3) is 1.80. The van der Waals surface area contributed by atoms with Gasteiger partial charge in [-0.2, -0.15) is 0 Å². The zero-order valence-electron chi connectivity index (χ0n) is 10.3. The quantitative estimate of drug-likeness (QED) is 0.771. The normalized spacial score (nSPS) is 36.1. The molecular weight excluding hydrogens is 184 g/mol. The van der Waals surface area contributed by atoms with Gasteiger partial charge in [-0.15, -0.1) is 0 Å². The first kappa shape index (κ1) is 11.0. The Hall–Kier alpha value is -0.500. The molecule has 0 amide bonds. The van der Waals surface area contributed by atoms with Gasteiger partial charge in [-0.3, -0.25) is 0 Å². The van der Waals surface area contributed by atoms with Crippen LogP contribution in [0.4, 0.5) is 0 Å².